The molecule has 2 aromatic rings. The van der Waals surface area contributed by atoms with Gasteiger partial charge in [0.25, 0.3) is 10.0 Å². The molecule has 1 aliphatic heterocycles. The number of aromatic nitrogens is 2. The number of sulfonamides is 1. The maximum absolute atomic E-state index is 13.0. The molecule has 0 saturated carbocycles. The summed E-state index contributed by atoms with van der Waals surface area (Å²) >= 11 is 12.2. The lowest BCUT2D eigenvalue weighted by Gasteiger charge is -2.29. The summed E-state index contributed by atoms with van der Waals surface area (Å²) in [4.78, 5) is 2.04. The molecule has 0 amide bonds. The van der Waals surface area contributed by atoms with Gasteiger partial charge in [-0.3, -0.25) is 9.40 Å². The van der Waals surface area contributed by atoms with Crippen LogP contribution < -0.4 is 9.62 Å². The van der Waals surface area contributed by atoms with Gasteiger partial charge in [-0.15, -0.1) is 0 Å². The molecule has 10 heteroatoms. The molecule has 0 bridgehead atoms. The molecule has 142 valence electrons. The van der Waals surface area contributed by atoms with Crippen molar-refractivity contribution in [3.63, 3.8) is 0 Å². The minimum atomic E-state index is -3.91. The van der Waals surface area contributed by atoms with Crippen molar-refractivity contribution in [3.05, 3.63) is 33.4 Å². The fourth-order valence-corrected chi connectivity index (χ4v) is 4.88. The predicted octanol–water partition coefficient (Wildman–Crippen LogP) is 2.98. The Hall–Kier alpha value is -1.48. The first-order chi connectivity index (χ1) is 12.2. The SMILES string of the molecule is Cc1cc(S(=O)(=O)Nc2c(C)nn(C)c2N2CCOCC2)c(Cl)cc1Cl. The molecular formula is C16H20Cl2N4O3S. The summed E-state index contributed by atoms with van der Waals surface area (Å²) in [7, 11) is -2.12. The lowest BCUT2D eigenvalue weighted by molar-refractivity contribution is 0.122. The first-order valence-corrected chi connectivity index (χ1v) is 10.3. The number of hydrogen-bond acceptors (Lipinski definition) is 5. The lowest BCUT2D eigenvalue weighted by atomic mass is 10.2. The highest BCUT2D eigenvalue weighted by Gasteiger charge is 2.27. The molecule has 1 saturated heterocycles. The van der Waals surface area contributed by atoms with Crippen LogP contribution in [0.1, 0.15) is 11.3 Å². The highest BCUT2D eigenvalue weighted by Crippen LogP contribution is 2.34. The Morgan fingerprint density at radius 2 is 1.81 bits per heavy atom. The molecule has 0 unspecified atom stereocenters. The Kier molecular flexibility index (Phi) is 5.39. The first-order valence-electron chi connectivity index (χ1n) is 8.05. The minimum Gasteiger partial charge on any atom is -0.378 e. The van der Waals surface area contributed by atoms with Crippen LogP contribution in [0.4, 0.5) is 11.5 Å². The number of benzene rings is 1. The van der Waals surface area contributed by atoms with Gasteiger partial charge in [0.2, 0.25) is 0 Å². The summed E-state index contributed by atoms with van der Waals surface area (Å²) in [6.45, 7) is 5.98. The van der Waals surface area contributed by atoms with E-state index < -0.39 is 10.0 Å². The zero-order valence-corrected chi connectivity index (χ0v) is 17.0. The van der Waals surface area contributed by atoms with Gasteiger partial charge in [-0.25, -0.2) is 8.42 Å². The Morgan fingerprint density at radius 3 is 2.46 bits per heavy atom. The van der Waals surface area contributed by atoms with Crippen molar-refractivity contribution in [2.24, 2.45) is 7.05 Å². The number of aryl methyl sites for hydroxylation is 3. The second-order valence-electron chi connectivity index (χ2n) is 6.14. The van der Waals surface area contributed by atoms with E-state index in [4.69, 9.17) is 27.9 Å². The summed E-state index contributed by atoms with van der Waals surface area (Å²) in [6.07, 6.45) is 0. The van der Waals surface area contributed by atoms with E-state index in [0.717, 1.165) is 0 Å². The van der Waals surface area contributed by atoms with Crippen LogP contribution in [0, 0.1) is 13.8 Å². The third-order valence-corrected chi connectivity index (χ3v) is 6.46. The lowest BCUT2D eigenvalue weighted by Crippen LogP contribution is -2.38. The molecule has 3 rings (SSSR count). The summed E-state index contributed by atoms with van der Waals surface area (Å²) in [5.41, 5.74) is 1.66. The van der Waals surface area contributed by atoms with Crippen LogP contribution in [0.2, 0.25) is 10.0 Å². The Bertz CT molecular complexity index is 937. The standard InChI is InChI=1S/C16H20Cl2N4O3S/c1-10-8-14(13(18)9-12(10)17)26(23,24)20-15-11(2)19-21(3)16(15)22-4-6-25-7-5-22/h8-9,20H,4-7H2,1-3H3. The van der Waals surface area contributed by atoms with Crippen molar-refractivity contribution in [1.82, 2.24) is 9.78 Å². The molecule has 1 N–H and O–H groups in total. The predicted molar refractivity (Wildman–Crippen MR) is 103 cm³/mol. The maximum Gasteiger partial charge on any atom is 0.263 e. The average molecular weight is 419 g/mol. The quantitative estimate of drug-likeness (QED) is 0.825. The number of nitrogens with zero attached hydrogens (tertiary/aromatic N) is 3. The number of anilines is 2. The molecule has 1 aromatic carbocycles. The van der Waals surface area contributed by atoms with E-state index in [1.807, 2.05) is 0 Å². The van der Waals surface area contributed by atoms with Gasteiger partial charge < -0.3 is 9.64 Å². The fraction of sp³-hybridized carbons (Fsp3) is 0.438. The molecule has 2 heterocycles. The number of rotatable bonds is 4. The van der Waals surface area contributed by atoms with Gasteiger partial charge in [0.15, 0.2) is 5.82 Å². The Balaban J connectivity index is 2.02. The fourth-order valence-electron chi connectivity index (χ4n) is 2.93. The van der Waals surface area contributed by atoms with E-state index in [9.17, 15) is 8.42 Å². The normalized spacial score (nSPS) is 15.3. The number of morpholine rings is 1. The molecular weight excluding hydrogens is 399 g/mol. The molecule has 0 spiro atoms. The zero-order chi connectivity index (χ0) is 19.1. The van der Waals surface area contributed by atoms with Crippen LogP contribution in [0.25, 0.3) is 0 Å². The Morgan fingerprint density at radius 1 is 1.15 bits per heavy atom. The highest BCUT2D eigenvalue weighted by atomic mass is 35.5. The molecule has 7 nitrogen and oxygen atoms in total. The van der Waals surface area contributed by atoms with Gasteiger partial charge in [-0.05, 0) is 31.5 Å². The Labute approximate surface area is 162 Å². The average Bonchev–Trinajstić information content (AvgIpc) is 2.84. The van der Waals surface area contributed by atoms with Crippen LogP contribution >= 0.6 is 23.2 Å². The summed E-state index contributed by atoms with van der Waals surface area (Å²) < 4.78 is 35.6. The zero-order valence-electron chi connectivity index (χ0n) is 14.7. The number of ether oxygens (including phenoxy) is 1. The summed E-state index contributed by atoms with van der Waals surface area (Å²) in [5, 5.41) is 4.86. The molecule has 1 aromatic heterocycles. The van der Waals surface area contributed by atoms with Gasteiger partial charge >= 0.3 is 0 Å². The molecule has 1 fully saturated rings. The monoisotopic (exact) mass is 418 g/mol. The van der Waals surface area contributed by atoms with E-state index in [0.29, 0.717) is 54.1 Å². The van der Waals surface area contributed by atoms with Crippen LogP contribution in [-0.4, -0.2) is 44.5 Å². The van der Waals surface area contributed by atoms with Gasteiger partial charge in [0.1, 0.15) is 10.6 Å². The van der Waals surface area contributed by atoms with Gasteiger partial charge in [0, 0.05) is 25.2 Å². The third-order valence-electron chi connectivity index (χ3n) is 4.24. The highest BCUT2D eigenvalue weighted by molar-refractivity contribution is 7.92. The van der Waals surface area contributed by atoms with Crippen LogP contribution in [0.15, 0.2) is 17.0 Å². The van der Waals surface area contributed by atoms with Crippen molar-refractivity contribution in [3.8, 4) is 0 Å². The second kappa shape index (κ2) is 7.26. The van der Waals surface area contributed by atoms with Crippen LogP contribution in [0.5, 0.6) is 0 Å². The largest absolute Gasteiger partial charge is 0.378 e. The van der Waals surface area contributed by atoms with Crippen molar-refractivity contribution in [1.29, 1.82) is 0 Å². The minimum absolute atomic E-state index is 0.0164. The molecule has 26 heavy (non-hydrogen) atoms. The number of halogens is 2. The van der Waals surface area contributed by atoms with E-state index in [1.165, 1.54) is 12.1 Å². The van der Waals surface area contributed by atoms with E-state index >= 15 is 0 Å². The van der Waals surface area contributed by atoms with Crippen molar-refractivity contribution in [2.45, 2.75) is 18.7 Å². The van der Waals surface area contributed by atoms with Gasteiger partial charge in [-0.1, -0.05) is 23.2 Å². The van der Waals surface area contributed by atoms with E-state index in [-0.39, 0.29) is 9.92 Å². The van der Waals surface area contributed by atoms with Crippen LogP contribution in [-0.2, 0) is 21.8 Å². The maximum atomic E-state index is 13.0. The van der Waals surface area contributed by atoms with Crippen molar-refractivity contribution >= 4 is 44.7 Å². The molecule has 0 radical (unpaired) electrons. The topological polar surface area (TPSA) is 76.5 Å². The van der Waals surface area contributed by atoms with Crippen LogP contribution in [0.3, 0.4) is 0 Å². The van der Waals surface area contributed by atoms with Gasteiger partial charge in [0.05, 0.1) is 23.9 Å². The molecule has 0 atom stereocenters. The number of hydrogen-bond donors (Lipinski definition) is 1. The summed E-state index contributed by atoms with van der Waals surface area (Å²) in [6, 6.07) is 2.90. The van der Waals surface area contributed by atoms with E-state index in [1.54, 1.807) is 25.6 Å². The first kappa shape index (κ1) is 19.3. The van der Waals surface area contributed by atoms with E-state index in [2.05, 4.69) is 14.7 Å². The third kappa shape index (κ3) is 3.64. The smallest absolute Gasteiger partial charge is 0.263 e. The second-order valence-corrected chi connectivity index (χ2v) is 8.61. The van der Waals surface area contributed by atoms with Gasteiger partial charge in [-0.2, -0.15) is 5.10 Å². The molecule has 1 aliphatic rings. The summed E-state index contributed by atoms with van der Waals surface area (Å²) in [5.74, 6) is 0.705. The van der Waals surface area contributed by atoms with Crippen molar-refractivity contribution in [2.75, 3.05) is 35.9 Å². The number of nitrogens with one attached hydrogen (secondary N) is 1. The molecule has 0 aliphatic carbocycles. The van der Waals surface area contributed by atoms with Crippen molar-refractivity contribution < 1.29 is 13.2 Å².